The highest BCUT2D eigenvalue weighted by atomic mass is 16.4. The molecule has 0 aliphatic heterocycles. The van der Waals surface area contributed by atoms with Crippen molar-refractivity contribution >= 4 is 11.8 Å². The van der Waals surface area contributed by atoms with Crippen molar-refractivity contribution in [1.29, 1.82) is 0 Å². The lowest BCUT2D eigenvalue weighted by Gasteiger charge is -2.18. The molecule has 1 saturated carbocycles. The van der Waals surface area contributed by atoms with Crippen LogP contribution in [-0.4, -0.2) is 30.5 Å². The maximum absolute atomic E-state index is 10.3. The van der Waals surface area contributed by atoms with E-state index in [1.807, 2.05) is 13.8 Å². The summed E-state index contributed by atoms with van der Waals surface area (Å²) in [6.45, 7) is 10.3. The topological polar surface area (TPSA) is 66.4 Å². The third-order valence-electron chi connectivity index (χ3n) is 2.61. The number of hydrogen-bond donors (Lipinski definition) is 2. The van der Waals surface area contributed by atoms with Gasteiger partial charge in [-0.1, -0.05) is 53.4 Å². The highest BCUT2D eigenvalue weighted by molar-refractivity contribution is 5.77. The number of carboxylic acids is 1. The van der Waals surface area contributed by atoms with Crippen LogP contribution in [-0.2, 0) is 9.59 Å². The number of hydrogen-bond acceptors (Lipinski definition) is 3. The number of rotatable bonds is 4. The maximum atomic E-state index is 10.3. The van der Waals surface area contributed by atoms with Gasteiger partial charge >= 0.3 is 5.97 Å². The number of nitrogens with one attached hydrogen (secondary N) is 1. The van der Waals surface area contributed by atoms with Gasteiger partial charge in [-0.3, -0.25) is 9.59 Å². The zero-order chi connectivity index (χ0) is 17.1. The van der Waals surface area contributed by atoms with E-state index in [4.69, 9.17) is 5.11 Å². The number of carbonyl (C=O) groups excluding carboxylic acids is 1. The molecule has 0 aromatic rings. The molecule has 0 unspecified atom stereocenters. The van der Waals surface area contributed by atoms with Gasteiger partial charge in [0.05, 0.1) is 6.54 Å². The Hall–Kier alpha value is -0.900. The van der Waals surface area contributed by atoms with Crippen molar-refractivity contribution in [3.8, 4) is 0 Å². The van der Waals surface area contributed by atoms with Crippen molar-refractivity contribution in [2.45, 2.75) is 79.6 Å². The van der Waals surface area contributed by atoms with E-state index in [1.165, 1.54) is 25.7 Å². The fourth-order valence-electron chi connectivity index (χ4n) is 1.89. The van der Waals surface area contributed by atoms with E-state index < -0.39 is 5.97 Å². The average molecular weight is 303 g/mol. The third-order valence-corrected chi connectivity index (χ3v) is 2.61. The van der Waals surface area contributed by atoms with E-state index in [2.05, 4.69) is 19.2 Å². The quantitative estimate of drug-likeness (QED) is 0.813. The number of carbonyl (C=O) groups is 2. The summed E-state index contributed by atoms with van der Waals surface area (Å²) in [6.07, 6.45) is 7.67. The van der Waals surface area contributed by atoms with Crippen molar-refractivity contribution in [2.75, 3.05) is 13.6 Å². The minimum Gasteiger partial charge on any atom is -0.481 e. The van der Waals surface area contributed by atoms with Gasteiger partial charge in [0.1, 0.15) is 5.78 Å². The number of carboxylic acid groups (broad SMARTS) is 1. The maximum Gasteiger partial charge on any atom is 0.303 e. The van der Waals surface area contributed by atoms with Crippen LogP contribution >= 0.6 is 0 Å². The summed E-state index contributed by atoms with van der Waals surface area (Å²) in [5, 5.41) is 11.2. The van der Waals surface area contributed by atoms with Crippen LogP contribution in [0.3, 0.4) is 0 Å². The zero-order valence-electron chi connectivity index (χ0n) is 15.0. The summed E-state index contributed by atoms with van der Waals surface area (Å²) < 4.78 is 0. The Morgan fingerprint density at radius 3 is 1.76 bits per heavy atom. The van der Waals surface area contributed by atoms with Crippen molar-refractivity contribution in [3.63, 3.8) is 0 Å². The van der Waals surface area contributed by atoms with Crippen molar-refractivity contribution in [1.82, 2.24) is 5.32 Å². The Balaban J connectivity index is -0.000000253. The minimum atomic E-state index is -0.632. The van der Waals surface area contributed by atoms with E-state index in [9.17, 15) is 9.59 Å². The predicted octanol–water partition coefficient (Wildman–Crippen LogP) is 4.28. The van der Waals surface area contributed by atoms with Crippen molar-refractivity contribution in [3.05, 3.63) is 0 Å². The molecule has 0 saturated heterocycles. The fraction of sp³-hybridized carbons (Fsp3) is 0.882. The monoisotopic (exact) mass is 303 g/mol. The van der Waals surface area contributed by atoms with Gasteiger partial charge in [0.25, 0.3) is 0 Å². The van der Waals surface area contributed by atoms with Crippen LogP contribution in [0.25, 0.3) is 0 Å². The number of ketones is 1. The Morgan fingerprint density at radius 1 is 1.10 bits per heavy atom. The number of aliphatic carboxylic acids is 1. The summed E-state index contributed by atoms with van der Waals surface area (Å²) in [4.78, 5) is 20.2. The first-order valence-corrected chi connectivity index (χ1v) is 8.33. The van der Waals surface area contributed by atoms with Gasteiger partial charge in [-0.2, -0.15) is 0 Å². The van der Waals surface area contributed by atoms with Crippen LogP contribution in [0.2, 0.25) is 0 Å². The molecule has 128 valence electrons. The molecule has 4 heteroatoms. The summed E-state index contributed by atoms with van der Waals surface area (Å²) in [5.74, 6) is 0.0238. The highest BCUT2D eigenvalue weighted by Crippen LogP contribution is 2.25. The first-order chi connectivity index (χ1) is 9.97. The van der Waals surface area contributed by atoms with Crippen LogP contribution < -0.4 is 5.32 Å². The molecule has 0 amide bonds. The molecule has 2 N–H and O–H groups in total. The van der Waals surface area contributed by atoms with Gasteiger partial charge < -0.3 is 10.4 Å². The molecule has 0 heterocycles. The summed E-state index contributed by atoms with van der Waals surface area (Å²) in [7, 11) is 1.75. The van der Waals surface area contributed by atoms with E-state index in [-0.39, 0.29) is 5.78 Å². The first kappa shape index (κ1) is 25.1. The predicted molar refractivity (Wildman–Crippen MR) is 90.7 cm³/mol. The van der Waals surface area contributed by atoms with Crippen molar-refractivity contribution < 1.29 is 14.7 Å². The Labute approximate surface area is 131 Å². The molecule has 1 fully saturated rings. The van der Waals surface area contributed by atoms with Gasteiger partial charge in [0.2, 0.25) is 0 Å². The molecule has 1 rings (SSSR count). The molecular formula is C17H37NO3. The van der Waals surface area contributed by atoms with Crippen LogP contribution in [0, 0.1) is 5.92 Å². The molecule has 21 heavy (non-hydrogen) atoms. The molecule has 0 atom stereocenters. The lowest BCUT2D eigenvalue weighted by atomic mass is 9.87. The second-order valence-electron chi connectivity index (χ2n) is 5.04. The smallest absolute Gasteiger partial charge is 0.303 e. The lowest BCUT2D eigenvalue weighted by molar-refractivity contribution is -0.138. The van der Waals surface area contributed by atoms with Gasteiger partial charge in [-0.05, 0) is 32.7 Å². The molecule has 1 aliphatic rings. The molecular weight excluding hydrogens is 266 g/mol. The number of likely N-dealkylation sites (N-methyl/N-ethyl adjacent to an activating group) is 1. The van der Waals surface area contributed by atoms with E-state index in [1.54, 1.807) is 14.0 Å². The third kappa shape index (κ3) is 28.1. The summed E-state index contributed by atoms with van der Waals surface area (Å²) in [6, 6.07) is 0. The average Bonchev–Trinajstić information content (AvgIpc) is 2.43. The molecule has 4 nitrogen and oxygen atoms in total. The Kier molecular flexibility index (Phi) is 25.6. The van der Waals surface area contributed by atoms with E-state index >= 15 is 0 Å². The van der Waals surface area contributed by atoms with Crippen molar-refractivity contribution in [2.24, 2.45) is 5.92 Å². The molecule has 1 aliphatic carbocycles. The molecule has 0 radical (unpaired) electrons. The SMILES string of the molecule is CC.CCC.CNCC(C)=O.O=C(O)CC1CCCCC1. The van der Waals surface area contributed by atoms with Crippen LogP contribution in [0.15, 0.2) is 0 Å². The zero-order valence-corrected chi connectivity index (χ0v) is 15.0. The first-order valence-electron chi connectivity index (χ1n) is 8.33. The standard InChI is InChI=1S/C8H14O2.C4H9NO.C3H8.C2H6/c9-8(10)6-7-4-2-1-3-5-7;1-4(6)3-5-2;1-3-2;1-2/h7H,1-6H2,(H,9,10);5H,3H2,1-2H3;3H2,1-2H3;1-2H3. The molecule has 0 aromatic carbocycles. The molecule has 0 spiro atoms. The Morgan fingerprint density at radius 2 is 1.52 bits per heavy atom. The normalized spacial score (nSPS) is 13.4. The van der Waals surface area contributed by atoms with Gasteiger partial charge in [-0.15, -0.1) is 0 Å². The van der Waals surface area contributed by atoms with Gasteiger partial charge in [0, 0.05) is 6.42 Å². The number of Topliss-reactive ketones (excluding diaryl/α,β-unsaturated/α-hetero) is 1. The molecule has 0 aromatic heterocycles. The van der Waals surface area contributed by atoms with Crippen LogP contribution in [0.1, 0.15) is 79.6 Å². The summed E-state index contributed by atoms with van der Waals surface area (Å²) >= 11 is 0. The van der Waals surface area contributed by atoms with Gasteiger partial charge in [-0.25, -0.2) is 0 Å². The van der Waals surface area contributed by atoms with Crippen LogP contribution in [0.5, 0.6) is 0 Å². The van der Waals surface area contributed by atoms with E-state index in [0.29, 0.717) is 18.9 Å². The largest absolute Gasteiger partial charge is 0.481 e. The van der Waals surface area contributed by atoms with Crippen LogP contribution in [0.4, 0.5) is 0 Å². The Bertz CT molecular complexity index is 224. The molecule has 0 bridgehead atoms. The minimum absolute atomic E-state index is 0.178. The second-order valence-corrected chi connectivity index (χ2v) is 5.04. The second kappa shape index (κ2) is 21.4. The highest BCUT2D eigenvalue weighted by Gasteiger charge is 2.15. The summed E-state index contributed by atoms with van der Waals surface area (Å²) in [5.41, 5.74) is 0. The lowest BCUT2D eigenvalue weighted by Crippen LogP contribution is -2.14. The van der Waals surface area contributed by atoms with Gasteiger partial charge in [0.15, 0.2) is 0 Å². The fourth-order valence-corrected chi connectivity index (χ4v) is 1.89. The van der Waals surface area contributed by atoms with E-state index in [0.717, 1.165) is 12.8 Å².